The number of aromatic nitrogens is 3. The molecule has 23 heavy (non-hydrogen) atoms. The number of piperidine rings is 1. The van der Waals surface area contributed by atoms with Gasteiger partial charge in [0.1, 0.15) is 11.6 Å². The molecule has 2 aliphatic heterocycles. The zero-order chi connectivity index (χ0) is 16.6. The van der Waals surface area contributed by atoms with Crippen LogP contribution in [0.15, 0.2) is 0 Å². The molecule has 0 amide bonds. The van der Waals surface area contributed by atoms with Crippen LogP contribution in [-0.4, -0.2) is 44.3 Å². The van der Waals surface area contributed by atoms with Crippen molar-refractivity contribution in [3.8, 4) is 0 Å². The van der Waals surface area contributed by atoms with Gasteiger partial charge in [-0.05, 0) is 46.0 Å². The third kappa shape index (κ3) is 3.47. The Hall–Kier alpha value is -0.510. The Balaban J connectivity index is 1.70. The number of nitrogens with zero attached hydrogens (tertiary/aromatic N) is 4. The minimum atomic E-state index is 0.445. The lowest BCUT2D eigenvalue weighted by Crippen LogP contribution is -2.45. The lowest BCUT2D eigenvalue weighted by Gasteiger charge is -2.40. The van der Waals surface area contributed by atoms with Crippen molar-refractivity contribution in [3.05, 3.63) is 11.6 Å². The predicted octanol–water partition coefficient (Wildman–Crippen LogP) is 3.04. The van der Waals surface area contributed by atoms with E-state index in [0.717, 1.165) is 17.9 Å². The highest BCUT2D eigenvalue weighted by molar-refractivity contribution is 7.13. The molecule has 3 rings (SSSR count). The van der Waals surface area contributed by atoms with E-state index in [9.17, 15) is 0 Å². The summed E-state index contributed by atoms with van der Waals surface area (Å²) in [5, 5.41) is 12.1. The van der Waals surface area contributed by atoms with E-state index in [1.165, 1.54) is 44.5 Å². The van der Waals surface area contributed by atoms with Crippen LogP contribution in [0.5, 0.6) is 0 Å². The lowest BCUT2D eigenvalue weighted by molar-refractivity contribution is 0.101. The molecule has 0 aromatic carbocycles. The number of rotatable bonds is 6. The molecule has 3 heterocycles. The summed E-state index contributed by atoms with van der Waals surface area (Å²) in [6.07, 6.45) is 6.48. The summed E-state index contributed by atoms with van der Waals surface area (Å²) >= 11 is 0. The summed E-state index contributed by atoms with van der Waals surface area (Å²) in [7, 11) is 2.64. The second-order valence-corrected chi connectivity index (χ2v) is 8.07. The molecule has 6 heteroatoms. The monoisotopic (exact) mass is 337 g/mol. The number of hydrogen-bond donors (Lipinski definition) is 1. The molecule has 0 aliphatic carbocycles. The highest BCUT2D eigenvalue weighted by Gasteiger charge is 2.41. The summed E-state index contributed by atoms with van der Waals surface area (Å²) < 4.78 is 2.44. The molecule has 4 unspecified atom stereocenters. The van der Waals surface area contributed by atoms with Gasteiger partial charge in [0.2, 0.25) is 0 Å². The zero-order valence-corrected chi connectivity index (χ0v) is 16.2. The summed E-state index contributed by atoms with van der Waals surface area (Å²) in [5.74, 6) is 2.70. The molecule has 2 bridgehead atoms. The van der Waals surface area contributed by atoms with Crippen LogP contribution in [-0.2, 0) is 0 Å². The van der Waals surface area contributed by atoms with E-state index in [2.05, 4.69) is 61.8 Å². The maximum absolute atomic E-state index is 4.44. The Bertz CT molecular complexity index is 515. The quantitative estimate of drug-likeness (QED) is 0.811. The molecule has 0 saturated carbocycles. The first-order valence-electron chi connectivity index (χ1n) is 9.14. The summed E-state index contributed by atoms with van der Waals surface area (Å²) in [5.41, 5.74) is 0. The van der Waals surface area contributed by atoms with Gasteiger partial charge in [-0.3, -0.25) is 9.99 Å². The molecular weight excluding hydrogens is 305 g/mol. The van der Waals surface area contributed by atoms with Crippen molar-refractivity contribution in [3.63, 3.8) is 0 Å². The highest BCUT2D eigenvalue weighted by atomic mass is 31.0. The molecule has 0 radical (unpaired) electrons. The van der Waals surface area contributed by atoms with Crippen molar-refractivity contribution in [1.82, 2.24) is 24.8 Å². The van der Waals surface area contributed by atoms with E-state index in [-0.39, 0.29) is 0 Å². The van der Waals surface area contributed by atoms with Crippen molar-refractivity contribution < 1.29 is 0 Å². The van der Waals surface area contributed by atoms with Gasteiger partial charge >= 0.3 is 0 Å². The van der Waals surface area contributed by atoms with Gasteiger partial charge in [0.15, 0.2) is 0 Å². The minimum absolute atomic E-state index is 0.445. The smallest absolute Gasteiger partial charge is 0.135 e. The van der Waals surface area contributed by atoms with Gasteiger partial charge < -0.3 is 4.57 Å². The second kappa shape index (κ2) is 7.16. The second-order valence-electron chi connectivity index (χ2n) is 7.73. The van der Waals surface area contributed by atoms with E-state index >= 15 is 0 Å². The summed E-state index contributed by atoms with van der Waals surface area (Å²) in [6.45, 7) is 10.0. The van der Waals surface area contributed by atoms with E-state index in [0.29, 0.717) is 18.0 Å². The van der Waals surface area contributed by atoms with Gasteiger partial charge in [0, 0.05) is 36.6 Å². The average Bonchev–Trinajstić information content (AvgIpc) is 3.02. The lowest BCUT2D eigenvalue weighted by atomic mass is 9.95. The molecule has 2 saturated heterocycles. The normalized spacial score (nSPS) is 29.4. The maximum Gasteiger partial charge on any atom is 0.135 e. The standard InChI is InChI=1S/C17H32N5P/c1-11(2)17-19-18-13(4)22(17)16-9-14-5-6-15(10-16)21(14)8-7-12(3)20-23/h11-12,14-16,20H,5-10,23H2,1-4H3. The Morgan fingerprint density at radius 2 is 1.78 bits per heavy atom. The van der Waals surface area contributed by atoms with Crippen molar-refractivity contribution >= 4 is 9.39 Å². The Kier molecular flexibility index (Phi) is 5.39. The van der Waals surface area contributed by atoms with Crippen LogP contribution < -0.4 is 5.09 Å². The van der Waals surface area contributed by atoms with Crippen LogP contribution in [0.4, 0.5) is 0 Å². The minimum Gasteiger partial charge on any atom is -0.312 e. The SMILES string of the molecule is Cc1nnc(C(C)C)n1C1CC2CCC(C1)N2CCC(C)NP. The number of fused-ring (bicyclic) bond motifs is 2. The van der Waals surface area contributed by atoms with E-state index in [1.54, 1.807) is 0 Å². The summed E-state index contributed by atoms with van der Waals surface area (Å²) in [6, 6.07) is 2.66. The van der Waals surface area contributed by atoms with Crippen molar-refractivity contribution in [1.29, 1.82) is 0 Å². The fourth-order valence-electron chi connectivity index (χ4n) is 4.48. The van der Waals surface area contributed by atoms with Crippen LogP contribution in [0.3, 0.4) is 0 Å². The predicted molar refractivity (Wildman–Crippen MR) is 97.6 cm³/mol. The molecular formula is C17H32N5P. The molecule has 130 valence electrons. The maximum atomic E-state index is 4.44. The zero-order valence-electron chi connectivity index (χ0n) is 15.0. The molecule has 5 nitrogen and oxygen atoms in total. The molecule has 2 aliphatic rings. The fourth-order valence-corrected chi connectivity index (χ4v) is 4.64. The molecule has 1 aromatic heterocycles. The van der Waals surface area contributed by atoms with E-state index in [1.807, 2.05) is 0 Å². The van der Waals surface area contributed by atoms with Crippen LogP contribution >= 0.6 is 9.39 Å². The van der Waals surface area contributed by atoms with Crippen LogP contribution in [0.1, 0.15) is 76.5 Å². The van der Waals surface area contributed by atoms with E-state index in [4.69, 9.17) is 0 Å². The highest BCUT2D eigenvalue weighted by Crippen LogP contribution is 2.42. The number of aryl methyl sites for hydroxylation is 1. The van der Waals surface area contributed by atoms with Crippen molar-refractivity contribution in [2.75, 3.05) is 6.54 Å². The third-order valence-corrected chi connectivity index (χ3v) is 6.31. The fraction of sp³-hybridized carbons (Fsp3) is 0.882. The van der Waals surface area contributed by atoms with E-state index < -0.39 is 0 Å². The van der Waals surface area contributed by atoms with Crippen LogP contribution in [0.25, 0.3) is 0 Å². The Morgan fingerprint density at radius 1 is 1.13 bits per heavy atom. The first kappa shape index (κ1) is 17.3. The van der Waals surface area contributed by atoms with Crippen molar-refractivity contribution in [2.24, 2.45) is 0 Å². The van der Waals surface area contributed by atoms with Crippen molar-refractivity contribution in [2.45, 2.75) is 89.9 Å². The average molecular weight is 337 g/mol. The largest absolute Gasteiger partial charge is 0.312 e. The van der Waals surface area contributed by atoms with Gasteiger partial charge in [0.25, 0.3) is 0 Å². The van der Waals surface area contributed by atoms with Gasteiger partial charge in [-0.25, -0.2) is 0 Å². The molecule has 0 spiro atoms. The van der Waals surface area contributed by atoms with Gasteiger partial charge in [0.05, 0.1) is 0 Å². The van der Waals surface area contributed by atoms with Gasteiger partial charge in [-0.1, -0.05) is 23.2 Å². The molecule has 1 N–H and O–H groups in total. The third-order valence-electron chi connectivity index (χ3n) is 5.74. The number of nitrogens with one attached hydrogen (secondary N) is 1. The summed E-state index contributed by atoms with van der Waals surface area (Å²) in [4.78, 5) is 2.78. The molecule has 2 fully saturated rings. The Morgan fingerprint density at radius 3 is 2.35 bits per heavy atom. The van der Waals surface area contributed by atoms with Crippen LogP contribution in [0.2, 0.25) is 0 Å². The topological polar surface area (TPSA) is 46.0 Å². The first-order chi connectivity index (χ1) is 11.0. The molecule has 4 atom stereocenters. The van der Waals surface area contributed by atoms with Gasteiger partial charge in [-0.15, -0.1) is 10.2 Å². The molecule has 1 aromatic rings. The van der Waals surface area contributed by atoms with Gasteiger partial charge in [-0.2, -0.15) is 0 Å². The number of hydrogen-bond acceptors (Lipinski definition) is 4. The Labute approximate surface area is 142 Å². The first-order valence-corrected chi connectivity index (χ1v) is 9.72. The van der Waals surface area contributed by atoms with Crippen LogP contribution in [0, 0.1) is 6.92 Å².